The van der Waals surface area contributed by atoms with Crippen molar-refractivity contribution in [3.8, 4) is 0 Å². The molecule has 0 amide bonds. The molecular weight excluding hydrogens is 1530 g/mol. The quantitative estimate of drug-likeness (QED) is 0.0130. The van der Waals surface area contributed by atoms with Gasteiger partial charge in [-0.3, -0.25) is 0 Å². The van der Waals surface area contributed by atoms with Crippen LogP contribution in [0.5, 0.6) is 0 Å². The van der Waals surface area contributed by atoms with Crippen LogP contribution in [0.1, 0.15) is 212 Å². The SMILES string of the molecule is CCCCCCCCCCCCCCCCCC[NH+](C)c1ccc(CCCCCCCCCCCCCCCC)cc1.Fc1c(F)c(F)c2c([B-](c3c(F)c(F)c(F)c4c(F)c(F)c(F)c(F)c34)(c3c(F)c(F)c(F)c4c(F)c(F)c(F)c(F)c34)c3c(F)c(F)c(F)c4c(F)c(F)c(F)c(F)c34)c(F)c(F)c(F)c2c1F. The van der Waals surface area contributed by atoms with Crippen molar-refractivity contribution in [2.24, 2.45) is 0 Å². The molecule has 0 aliphatic carbocycles. The van der Waals surface area contributed by atoms with E-state index in [9.17, 15) is 17.6 Å². The van der Waals surface area contributed by atoms with E-state index >= 15 is 105 Å². The van der Waals surface area contributed by atoms with Gasteiger partial charge in [0.1, 0.15) is 35.1 Å². The Balaban J connectivity index is 0.000000317. The molecule has 9 aromatic rings. The maximum absolute atomic E-state index is 17.3. The Labute approximate surface area is 621 Å². The Kier molecular flexibility index (Phi) is 31.3. The smallest absolute Gasteiger partial charge is 0.198 e. The van der Waals surface area contributed by atoms with Gasteiger partial charge in [0.05, 0.1) is 35.1 Å². The number of nitrogens with one attached hydrogen (secondary N) is 1. The number of quaternary nitrogens is 1. The number of fused-ring (bicyclic) bond motifs is 4. The van der Waals surface area contributed by atoms with Crippen LogP contribution in [0.15, 0.2) is 24.3 Å². The molecule has 0 fully saturated rings. The van der Waals surface area contributed by atoms with Gasteiger partial charge < -0.3 is 4.90 Å². The van der Waals surface area contributed by atoms with Gasteiger partial charge in [-0.1, -0.05) is 199 Å². The predicted octanol–water partition coefficient (Wildman–Crippen LogP) is 24.7. The van der Waals surface area contributed by atoms with Crippen LogP contribution in [0.3, 0.4) is 0 Å². The van der Waals surface area contributed by atoms with Crippen molar-refractivity contribution < 1.29 is 128 Å². The largest absolute Gasteiger partial charge is 0.305 e. The van der Waals surface area contributed by atoms with Crippen LogP contribution in [0.25, 0.3) is 43.1 Å². The molecule has 0 saturated carbocycles. The van der Waals surface area contributed by atoms with E-state index in [-0.39, 0.29) is 0 Å². The molecule has 30 heteroatoms. The number of hydrogen-bond acceptors (Lipinski definition) is 0. The third-order valence-electron chi connectivity index (χ3n) is 20.9. The number of rotatable bonds is 37. The molecule has 0 spiro atoms. The predicted molar refractivity (Wildman–Crippen MR) is 370 cm³/mol. The fourth-order valence-electron chi connectivity index (χ4n) is 15.2. The molecule has 1 N–H and O–H groups in total. The molecule has 0 radical (unpaired) electrons. The molecule has 111 heavy (non-hydrogen) atoms. The zero-order valence-electron chi connectivity index (χ0n) is 60.6. The van der Waals surface area contributed by atoms with Gasteiger partial charge in [0.2, 0.25) is 0 Å². The normalized spacial score (nSPS) is 12.3. The number of aryl methyl sites for hydroxylation is 1. The van der Waals surface area contributed by atoms with Crippen molar-refractivity contribution in [1.29, 1.82) is 0 Å². The Morgan fingerprint density at radius 1 is 0.198 bits per heavy atom. The number of benzene rings is 9. The summed E-state index contributed by atoms with van der Waals surface area (Å²) in [4.78, 5) is 1.59. The molecule has 0 aromatic heterocycles. The van der Waals surface area contributed by atoms with Crippen molar-refractivity contribution in [1.82, 2.24) is 0 Å². The Bertz CT molecular complexity index is 4330. The van der Waals surface area contributed by atoms with Crippen LogP contribution in [0.4, 0.5) is 129 Å². The van der Waals surface area contributed by atoms with Crippen molar-refractivity contribution in [3.63, 3.8) is 0 Å². The lowest BCUT2D eigenvalue weighted by molar-refractivity contribution is -0.810. The highest BCUT2D eigenvalue weighted by Crippen LogP contribution is 2.42. The van der Waals surface area contributed by atoms with Crippen LogP contribution in [-0.4, -0.2) is 19.7 Å². The average molecular weight is 1610 g/mol. The van der Waals surface area contributed by atoms with Gasteiger partial charge in [-0.15, -0.1) is 21.9 Å². The summed E-state index contributed by atoms with van der Waals surface area (Å²) in [5.41, 5.74) is -12.5. The molecule has 0 saturated heterocycles. The van der Waals surface area contributed by atoms with Gasteiger partial charge in [-0.25, -0.2) is 123 Å². The van der Waals surface area contributed by atoms with E-state index < -0.39 is 234 Å². The summed E-state index contributed by atoms with van der Waals surface area (Å²) in [7, 11) is 2.35. The highest BCUT2D eigenvalue weighted by atomic mass is 19.2. The van der Waals surface area contributed by atoms with Crippen LogP contribution in [0.2, 0.25) is 0 Å². The fraction of sp³-hybridized carbons (Fsp3) is 0.432. The lowest BCUT2D eigenvalue weighted by Crippen LogP contribution is -3.03. The lowest BCUT2D eigenvalue weighted by Gasteiger charge is -2.47. The number of halogens is 28. The molecule has 1 atom stereocenters. The van der Waals surface area contributed by atoms with Gasteiger partial charge >= 0.3 is 0 Å². The summed E-state index contributed by atoms with van der Waals surface area (Å²) in [5.74, 6) is -104. The minimum atomic E-state index is -8.05. The first-order valence-electron chi connectivity index (χ1n) is 37.1. The minimum absolute atomic E-state index is 1.26. The van der Waals surface area contributed by atoms with Crippen molar-refractivity contribution in [3.05, 3.63) is 193 Å². The average Bonchev–Trinajstić information content (AvgIpc) is 0.661. The monoisotopic (exact) mass is 1610 g/mol. The molecule has 9 rings (SSSR count). The van der Waals surface area contributed by atoms with E-state index in [0.717, 1.165) is 0 Å². The molecule has 1 nitrogen and oxygen atoms in total. The minimum Gasteiger partial charge on any atom is -0.305 e. The number of unbranched alkanes of at least 4 members (excludes halogenated alkanes) is 28. The van der Waals surface area contributed by atoms with E-state index in [4.69, 9.17) is 0 Å². The number of hydrogen-bond donors (Lipinski definition) is 1. The van der Waals surface area contributed by atoms with Gasteiger partial charge in [-0.05, 0) is 64.9 Å². The van der Waals surface area contributed by atoms with Gasteiger partial charge in [0, 0.05) is 0 Å². The Hall–Kier alpha value is -7.92. The summed E-state index contributed by atoms with van der Waals surface area (Å²) in [6.07, 6.45) is 36.5. The van der Waals surface area contributed by atoms with Crippen LogP contribution in [0, 0.1) is 163 Å². The molecule has 1 unspecified atom stereocenters. The standard InChI is InChI=1S/C41H77N.C40BF28/c1-4-6-8-10-12-14-16-18-20-21-23-25-27-29-31-33-39-42(3)41-37-35-40(36-38-41)34-32-30-28-26-24-22-19-17-15-13-11-9-7-5-2;42-13-1-5(21(50)37(66)33(13)62)17(46)29(58)25(54)9(1)41(10-2-6(18(47)30(59)26(10)55)22(51)38(67)34(63)14(2)43,11-3-7(19(48)31(60)27(11)56)23(52)39(68)35(64)15(3)44)12-4-8(20(49)32(61)28(12)57)24(53)40(69)36(65)16(4)45/h35-38H,4-34,39H2,1-3H3;/q;-1/p+1. The van der Waals surface area contributed by atoms with E-state index in [2.05, 4.69) is 45.2 Å². The Morgan fingerprint density at radius 2 is 0.369 bits per heavy atom. The second-order valence-electron chi connectivity index (χ2n) is 28.2. The Morgan fingerprint density at radius 3 is 0.577 bits per heavy atom. The first-order valence-corrected chi connectivity index (χ1v) is 37.1. The third kappa shape index (κ3) is 17.7. The summed E-state index contributed by atoms with van der Waals surface area (Å²) in [6, 6.07) is 9.57. The van der Waals surface area contributed by atoms with Crippen molar-refractivity contribution >= 4 is 76.8 Å². The van der Waals surface area contributed by atoms with Crippen molar-refractivity contribution in [2.75, 3.05) is 13.6 Å². The molecule has 0 bridgehead atoms. The molecule has 0 aliphatic rings. The first-order chi connectivity index (χ1) is 52.8. The summed E-state index contributed by atoms with van der Waals surface area (Å²) in [6.45, 7) is 5.89. The van der Waals surface area contributed by atoms with Gasteiger partial charge in [0.25, 0.3) is 0 Å². The zero-order chi connectivity index (χ0) is 81.8. The van der Waals surface area contributed by atoms with Gasteiger partial charge in [-0.2, -0.15) is 0 Å². The van der Waals surface area contributed by atoms with Crippen LogP contribution < -0.4 is 26.8 Å². The lowest BCUT2D eigenvalue weighted by atomic mass is 9.11. The fourth-order valence-corrected chi connectivity index (χ4v) is 15.2. The second-order valence-corrected chi connectivity index (χ2v) is 28.2. The molecule has 0 aliphatic heterocycles. The van der Waals surface area contributed by atoms with E-state index in [1.165, 1.54) is 217 Å². The van der Waals surface area contributed by atoms with E-state index in [0.29, 0.717) is 0 Å². The molecular formula is C81H78BF28N. The second kappa shape index (κ2) is 39.2. The highest BCUT2D eigenvalue weighted by molar-refractivity contribution is 7.23. The van der Waals surface area contributed by atoms with Crippen LogP contribution in [-0.2, 0) is 6.42 Å². The molecule has 0 heterocycles. The van der Waals surface area contributed by atoms with Crippen LogP contribution >= 0.6 is 0 Å². The topological polar surface area (TPSA) is 4.44 Å². The molecule has 606 valence electrons. The first kappa shape index (κ1) is 88.6. The maximum atomic E-state index is 17.3. The van der Waals surface area contributed by atoms with Gasteiger partial charge in [0.15, 0.2) is 140 Å². The highest BCUT2D eigenvalue weighted by Gasteiger charge is 2.52. The summed E-state index contributed by atoms with van der Waals surface area (Å²) < 4.78 is 446. The third-order valence-corrected chi connectivity index (χ3v) is 20.9. The van der Waals surface area contributed by atoms with Crippen molar-refractivity contribution in [2.45, 2.75) is 213 Å². The maximum Gasteiger partial charge on any atom is 0.198 e. The zero-order valence-corrected chi connectivity index (χ0v) is 60.6. The summed E-state index contributed by atoms with van der Waals surface area (Å²) in [5, 5.41) is -27.0. The summed E-state index contributed by atoms with van der Waals surface area (Å²) >= 11 is 0. The molecule has 9 aromatic carbocycles. The van der Waals surface area contributed by atoms with E-state index in [1.54, 1.807) is 4.90 Å². The van der Waals surface area contributed by atoms with E-state index in [1.807, 2.05) is 0 Å².